The highest BCUT2D eigenvalue weighted by atomic mass is 32.2. The molecule has 0 spiro atoms. The van der Waals surface area contributed by atoms with Crippen LogP contribution in [-0.2, 0) is 26.2 Å². The predicted molar refractivity (Wildman–Crippen MR) is 148 cm³/mol. The van der Waals surface area contributed by atoms with Crippen molar-refractivity contribution in [3.63, 3.8) is 0 Å². The summed E-state index contributed by atoms with van der Waals surface area (Å²) in [6.45, 7) is 7.26. The number of carbonyl (C=O) groups excluding carboxylic acids is 2. The molecule has 1 N–H and O–H groups in total. The van der Waals surface area contributed by atoms with Gasteiger partial charge in [0.15, 0.2) is 11.5 Å². The van der Waals surface area contributed by atoms with E-state index in [1.165, 1.54) is 21.3 Å². The van der Waals surface area contributed by atoms with Crippen molar-refractivity contribution in [3.05, 3.63) is 53.8 Å². The molecule has 2 aromatic rings. The summed E-state index contributed by atoms with van der Waals surface area (Å²) in [5.74, 6) is 0.323. The summed E-state index contributed by atoms with van der Waals surface area (Å²) in [6, 6.07) is 10.0. The van der Waals surface area contributed by atoms with E-state index in [0.717, 1.165) is 6.26 Å². The van der Waals surface area contributed by atoms with Gasteiger partial charge in [0.2, 0.25) is 21.8 Å². The van der Waals surface area contributed by atoms with E-state index in [2.05, 4.69) is 5.32 Å². The molecule has 0 fully saturated rings. The minimum Gasteiger partial charge on any atom is -0.486 e. The lowest BCUT2D eigenvalue weighted by molar-refractivity contribution is -0.141. The number of carbonyl (C=O) groups is 2. The zero-order valence-electron chi connectivity index (χ0n) is 23.0. The van der Waals surface area contributed by atoms with Crippen molar-refractivity contribution in [2.24, 2.45) is 5.92 Å². The van der Waals surface area contributed by atoms with E-state index >= 15 is 0 Å². The molecule has 1 heterocycles. The lowest BCUT2D eigenvalue weighted by Crippen LogP contribution is -2.49. The van der Waals surface area contributed by atoms with E-state index in [1.807, 2.05) is 20.8 Å². The Bertz CT molecular complexity index is 1240. The first kappa shape index (κ1) is 30.2. The van der Waals surface area contributed by atoms with E-state index in [-0.39, 0.29) is 43.7 Å². The van der Waals surface area contributed by atoms with Gasteiger partial charge in [-0.1, -0.05) is 32.9 Å². The van der Waals surface area contributed by atoms with Gasteiger partial charge in [-0.3, -0.25) is 13.9 Å². The number of ether oxygens (including phenoxy) is 2. The van der Waals surface area contributed by atoms with Crippen LogP contribution in [-0.4, -0.2) is 63.7 Å². The number of benzene rings is 2. The number of halogens is 1. The standard InChI is InChI=1S/C28H38FN3O6S/c1-5-24(28(34)30-18-20(2)3)31(19-21-8-10-22(29)11-9-21)27(33)7-6-14-32(39(4,35)36)23-12-13-25-26(17-23)38-16-15-37-25/h8-13,17,20,24H,5-7,14-16,18-19H2,1-4H3,(H,30,34)/t24-/m1/s1. The minimum atomic E-state index is -3.65. The summed E-state index contributed by atoms with van der Waals surface area (Å²) in [4.78, 5) is 28.0. The Kier molecular flexibility index (Phi) is 10.6. The van der Waals surface area contributed by atoms with Gasteiger partial charge in [0.05, 0.1) is 11.9 Å². The average molecular weight is 564 g/mol. The van der Waals surface area contributed by atoms with E-state index < -0.39 is 21.9 Å². The van der Waals surface area contributed by atoms with Crippen molar-refractivity contribution >= 4 is 27.5 Å². The number of nitrogens with zero attached hydrogens (tertiary/aromatic N) is 2. The van der Waals surface area contributed by atoms with E-state index in [9.17, 15) is 22.4 Å². The van der Waals surface area contributed by atoms with Gasteiger partial charge >= 0.3 is 0 Å². The SMILES string of the molecule is CC[C@H](C(=O)NCC(C)C)N(Cc1ccc(F)cc1)C(=O)CCCN(c1ccc2c(c1)OCCO2)S(C)(=O)=O. The van der Waals surface area contributed by atoms with Gasteiger partial charge in [-0.2, -0.15) is 0 Å². The summed E-state index contributed by atoms with van der Waals surface area (Å²) >= 11 is 0. The average Bonchev–Trinajstić information content (AvgIpc) is 2.89. The molecule has 0 bridgehead atoms. The number of anilines is 1. The molecule has 1 aliphatic heterocycles. The molecule has 0 unspecified atom stereocenters. The first-order valence-corrected chi connectivity index (χ1v) is 15.0. The molecule has 0 aliphatic carbocycles. The van der Waals surface area contributed by atoms with Crippen LogP contribution >= 0.6 is 0 Å². The molecular weight excluding hydrogens is 525 g/mol. The number of nitrogens with one attached hydrogen (secondary N) is 1. The molecule has 0 radical (unpaired) electrons. The molecule has 0 saturated carbocycles. The fraction of sp³-hybridized carbons (Fsp3) is 0.500. The van der Waals surface area contributed by atoms with Crippen molar-refractivity contribution in [2.45, 2.75) is 52.6 Å². The van der Waals surface area contributed by atoms with Crippen LogP contribution in [0.3, 0.4) is 0 Å². The minimum absolute atomic E-state index is 0.0196. The maximum absolute atomic E-state index is 13.5. The van der Waals surface area contributed by atoms with Crippen molar-refractivity contribution < 1.29 is 31.9 Å². The number of rotatable bonds is 13. The highest BCUT2D eigenvalue weighted by Gasteiger charge is 2.29. The maximum Gasteiger partial charge on any atom is 0.242 e. The Balaban J connectivity index is 1.75. The topological polar surface area (TPSA) is 105 Å². The maximum atomic E-state index is 13.5. The number of sulfonamides is 1. The van der Waals surface area contributed by atoms with Crippen molar-refractivity contribution in [1.29, 1.82) is 0 Å². The lowest BCUT2D eigenvalue weighted by Gasteiger charge is -2.31. The van der Waals surface area contributed by atoms with Gasteiger partial charge in [0.1, 0.15) is 25.1 Å². The molecule has 1 aliphatic rings. The number of amides is 2. The quantitative estimate of drug-likeness (QED) is 0.398. The van der Waals surface area contributed by atoms with E-state index in [0.29, 0.717) is 48.9 Å². The molecule has 214 valence electrons. The first-order chi connectivity index (χ1) is 18.5. The van der Waals surface area contributed by atoms with Gasteiger partial charge in [-0.25, -0.2) is 12.8 Å². The van der Waals surface area contributed by atoms with Gasteiger partial charge in [-0.05, 0) is 48.6 Å². The van der Waals surface area contributed by atoms with E-state index in [1.54, 1.807) is 30.3 Å². The molecule has 0 aromatic heterocycles. The van der Waals surface area contributed by atoms with Crippen LogP contribution in [0.15, 0.2) is 42.5 Å². The summed E-state index contributed by atoms with van der Waals surface area (Å²) in [6.07, 6.45) is 1.75. The largest absolute Gasteiger partial charge is 0.486 e. The van der Waals surface area contributed by atoms with Gasteiger partial charge in [0.25, 0.3) is 0 Å². The molecule has 39 heavy (non-hydrogen) atoms. The first-order valence-electron chi connectivity index (χ1n) is 13.2. The Morgan fingerprint density at radius 1 is 1.05 bits per heavy atom. The fourth-order valence-corrected chi connectivity index (χ4v) is 5.28. The fourth-order valence-electron chi connectivity index (χ4n) is 4.32. The summed E-state index contributed by atoms with van der Waals surface area (Å²) in [5.41, 5.74) is 1.10. The summed E-state index contributed by atoms with van der Waals surface area (Å²) < 4.78 is 51.1. The zero-order chi connectivity index (χ0) is 28.6. The third-order valence-electron chi connectivity index (χ3n) is 6.30. The van der Waals surface area contributed by atoms with Gasteiger partial charge in [-0.15, -0.1) is 0 Å². The monoisotopic (exact) mass is 563 g/mol. The van der Waals surface area contributed by atoms with Crippen molar-refractivity contribution in [3.8, 4) is 11.5 Å². The lowest BCUT2D eigenvalue weighted by atomic mass is 10.1. The molecule has 2 aromatic carbocycles. The highest BCUT2D eigenvalue weighted by molar-refractivity contribution is 7.92. The predicted octanol–water partition coefficient (Wildman–Crippen LogP) is 3.72. The number of hydrogen-bond donors (Lipinski definition) is 1. The highest BCUT2D eigenvalue weighted by Crippen LogP contribution is 2.34. The molecule has 0 saturated heterocycles. The van der Waals surface area contributed by atoms with Gasteiger partial charge in [0, 0.05) is 32.1 Å². The smallest absolute Gasteiger partial charge is 0.242 e. The second-order valence-electron chi connectivity index (χ2n) is 9.98. The van der Waals surface area contributed by atoms with Crippen molar-refractivity contribution in [1.82, 2.24) is 10.2 Å². The molecule has 2 amide bonds. The second kappa shape index (κ2) is 13.6. The van der Waals surface area contributed by atoms with Crippen LogP contribution < -0.4 is 19.1 Å². The third kappa shape index (κ3) is 8.58. The van der Waals surface area contributed by atoms with Crippen LogP contribution in [0, 0.1) is 11.7 Å². The third-order valence-corrected chi connectivity index (χ3v) is 7.50. The molecule has 9 nitrogen and oxygen atoms in total. The normalized spacial score (nSPS) is 13.6. The number of fused-ring (bicyclic) bond motifs is 1. The summed E-state index contributed by atoms with van der Waals surface area (Å²) in [5, 5.41) is 2.90. The second-order valence-corrected chi connectivity index (χ2v) is 11.9. The van der Waals surface area contributed by atoms with Crippen LogP contribution in [0.2, 0.25) is 0 Å². The van der Waals surface area contributed by atoms with Crippen molar-refractivity contribution in [2.75, 3.05) is 36.9 Å². The van der Waals surface area contributed by atoms with Crippen LogP contribution in [0.1, 0.15) is 45.6 Å². The van der Waals surface area contributed by atoms with E-state index in [4.69, 9.17) is 9.47 Å². The van der Waals surface area contributed by atoms with Gasteiger partial charge < -0.3 is 19.7 Å². The Morgan fingerprint density at radius 3 is 2.33 bits per heavy atom. The Labute approximate surface area is 230 Å². The van der Waals surface area contributed by atoms with Crippen LogP contribution in [0.4, 0.5) is 10.1 Å². The van der Waals surface area contributed by atoms with Crippen LogP contribution in [0.5, 0.6) is 11.5 Å². The molecule has 1 atom stereocenters. The zero-order valence-corrected chi connectivity index (χ0v) is 23.8. The molecule has 3 rings (SSSR count). The Hall–Kier alpha value is -3.34. The molecule has 11 heteroatoms. The van der Waals surface area contributed by atoms with Crippen LogP contribution in [0.25, 0.3) is 0 Å². The number of hydrogen-bond acceptors (Lipinski definition) is 6. The summed E-state index contributed by atoms with van der Waals surface area (Å²) in [7, 11) is -3.65. The molecular formula is C28H38FN3O6S. The Morgan fingerprint density at radius 2 is 1.72 bits per heavy atom.